The summed E-state index contributed by atoms with van der Waals surface area (Å²) < 4.78 is 0. The van der Waals surface area contributed by atoms with Gasteiger partial charge >= 0.3 is 5.97 Å². The zero-order valence-electron chi connectivity index (χ0n) is 9.95. The molecule has 0 saturated heterocycles. The minimum absolute atomic E-state index is 0.0793. The van der Waals surface area contributed by atoms with Crippen LogP contribution in [0.25, 0.3) is 0 Å². The van der Waals surface area contributed by atoms with Crippen LogP contribution in [-0.2, 0) is 14.4 Å². The van der Waals surface area contributed by atoms with Crippen molar-refractivity contribution in [2.75, 3.05) is 0 Å². The number of ketones is 1. The molecular formula is C11H19NO4. The standard InChI is InChI=1S/C11H19NO4/c1-7(2)6-10(14)12-9(11(15)16)5-4-8(3)13/h7,9H,4-6H2,1-3H3,(H,12,14)(H,15,16)/t9-/m0/s1. The van der Waals surface area contributed by atoms with E-state index in [1.54, 1.807) is 0 Å². The first kappa shape index (κ1) is 14.6. The van der Waals surface area contributed by atoms with Gasteiger partial charge < -0.3 is 15.2 Å². The zero-order valence-corrected chi connectivity index (χ0v) is 9.95. The maximum absolute atomic E-state index is 11.4. The van der Waals surface area contributed by atoms with Crippen LogP contribution in [0.1, 0.15) is 40.0 Å². The number of nitrogens with one attached hydrogen (secondary N) is 1. The van der Waals surface area contributed by atoms with Crippen LogP contribution in [0.2, 0.25) is 0 Å². The molecule has 92 valence electrons. The van der Waals surface area contributed by atoms with E-state index >= 15 is 0 Å². The average Bonchev–Trinajstić information content (AvgIpc) is 2.09. The van der Waals surface area contributed by atoms with E-state index in [4.69, 9.17) is 5.11 Å². The monoisotopic (exact) mass is 229 g/mol. The van der Waals surface area contributed by atoms with Crippen molar-refractivity contribution < 1.29 is 19.5 Å². The maximum atomic E-state index is 11.4. The maximum Gasteiger partial charge on any atom is 0.326 e. The summed E-state index contributed by atoms with van der Waals surface area (Å²) in [5, 5.41) is 11.3. The van der Waals surface area contributed by atoms with Gasteiger partial charge in [-0.1, -0.05) is 13.8 Å². The Kier molecular flexibility index (Phi) is 6.37. The lowest BCUT2D eigenvalue weighted by molar-refractivity contribution is -0.142. The summed E-state index contributed by atoms with van der Waals surface area (Å²) in [5.74, 6) is -1.28. The Morgan fingerprint density at radius 3 is 2.19 bits per heavy atom. The van der Waals surface area contributed by atoms with Crippen LogP contribution >= 0.6 is 0 Å². The molecule has 0 spiro atoms. The smallest absolute Gasteiger partial charge is 0.326 e. The average molecular weight is 229 g/mol. The molecule has 0 aliphatic heterocycles. The fraction of sp³-hybridized carbons (Fsp3) is 0.727. The molecule has 0 aliphatic carbocycles. The number of carboxylic acid groups (broad SMARTS) is 1. The van der Waals surface area contributed by atoms with Gasteiger partial charge in [-0.25, -0.2) is 4.79 Å². The molecule has 0 radical (unpaired) electrons. The predicted octanol–water partition coefficient (Wildman–Crippen LogP) is 0.971. The van der Waals surface area contributed by atoms with Crippen LogP contribution in [0.15, 0.2) is 0 Å². The van der Waals surface area contributed by atoms with Crippen molar-refractivity contribution in [3.8, 4) is 0 Å². The molecule has 5 heteroatoms. The van der Waals surface area contributed by atoms with Gasteiger partial charge in [0.05, 0.1) is 0 Å². The van der Waals surface area contributed by atoms with Crippen molar-refractivity contribution in [3.63, 3.8) is 0 Å². The summed E-state index contributed by atoms with van der Waals surface area (Å²) in [4.78, 5) is 32.9. The summed E-state index contributed by atoms with van der Waals surface area (Å²) in [5.41, 5.74) is 0. The SMILES string of the molecule is CC(=O)CC[C@H](NC(=O)CC(C)C)C(=O)O. The number of hydrogen-bond acceptors (Lipinski definition) is 3. The third-order valence-electron chi connectivity index (χ3n) is 2.01. The van der Waals surface area contributed by atoms with Gasteiger partial charge in [0.25, 0.3) is 0 Å². The molecule has 5 nitrogen and oxygen atoms in total. The number of amides is 1. The largest absolute Gasteiger partial charge is 0.480 e. The molecule has 0 aromatic rings. The normalized spacial score (nSPS) is 12.2. The lowest BCUT2D eigenvalue weighted by Gasteiger charge is -2.14. The minimum atomic E-state index is -1.10. The summed E-state index contributed by atoms with van der Waals surface area (Å²) in [6, 6.07) is -0.963. The topological polar surface area (TPSA) is 83.5 Å². The highest BCUT2D eigenvalue weighted by molar-refractivity contribution is 5.84. The van der Waals surface area contributed by atoms with Crippen LogP contribution in [0, 0.1) is 5.92 Å². The van der Waals surface area contributed by atoms with Gasteiger partial charge in [-0.2, -0.15) is 0 Å². The molecule has 0 aromatic heterocycles. The van der Waals surface area contributed by atoms with E-state index in [0.717, 1.165) is 0 Å². The molecule has 0 aliphatic rings. The predicted molar refractivity (Wildman–Crippen MR) is 58.9 cm³/mol. The Morgan fingerprint density at radius 1 is 1.25 bits per heavy atom. The number of carboxylic acids is 1. The lowest BCUT2D eigenvalue weighted by Crippen LogP contribution is -2.41. The lowest BCUT2D eigenvalue weighted by atomic mass is 10.1. The van der Waals surface area contributed by atoms with Crippen LogP contribution in [0.3, 0.4) is 0 Å². The highest BCUT2D eigenvalue weighted by Gasteiger charge is 2.20. The van der Waals surface area contributed by atoms with Crippen LogP contribution in [-0.4, -0.2) is 28.8 Å². The second-order valence-electron chi connectivity index (χ2n) is 4.30. The van der Waals surface area contributed by atoms with Gasteiger partial charge in [0.2, 0.25) is 5.91 Å². The summed E-state index contributed by atoms with van der Waals surface area (Å²) in [6.45, 7) is 5.16. The van der Waals surface area contributed by atoms with Crippen LogP contribution in [0.5, 0.6) is 0 Å². The molecule has 1 atom stereocenters. The molecule has 0 fully saturated rings. The highest BCUT2D eigenvalue weighted by atomic mass is 16.4. The molecule has 1 amide bonds. The first-order chi connectivity index (χ1) is 7.32. The van der Waals surface area contributed by atoms with E-state index in [1.807, 2.05) is 13.8 Å². The van der Waals surface area contributed by atoms with Gasteiger partial charge in [-0.15, -0.1) is 0 Å². The van der Waals surface area contributed by atoms with Crippen LogP contribution in [0.4, 0.5) is 0 Å². The minimum Gasteiger partial charge on any atom is -0.480 e. The number of aliphatic carboxylic acids is 1. The number of Topliss-reactive ketones (excluding diaryl/α,β-unsaturated/α-hetero) is 1. The Bertz CT molecular complexity index is 273. The van der Waals surface area contributed by atoms with Crippen molar-refractivity contribution in [1.29, 1.82) is 0 Å². The number of hydrogen-bond donors (Lipinski definition) is 2. The molecule has 0 unspecified atom stereocenters. The molecule has 0 bridgehead atoms. The molecular weight excluding hydrogens is 210 g/mol. The fourth-order valence-electron chi connectivity index (χ4n) is 1.23. The molecule has 0 heterocycles. The Balaban J connectivity index is 4.17. The molecule has 2 N–H and O–H groups in total. The second-order valence-corrected chi connectivity index (χ2v) is 4.30. The Labute approximate surface area is 95.2 Å². The molecule has 0 rings (SSSR count). The van der Waals surface area contributed by atoms with E-state index in [9.17, 15) is 14.4 Å². The van der Waals surface area contributed by atoms with Crippen LogP contribution < -0.4 is 5.32 Å². The summed E-state index contributed by atoms with van der Waals surface area (Å²) >= 11 is 0. The summed E-state index contributed by atoms with van der Waals surface area (Å²) in [6.07, 6.45) is 0.608. The van der Waals surface area contributed by atoms with Gasteiger partial charge in [-0.05, 0) is 19.3 Å². The van der Waals surface area contributed by atoms with Gasteiger partial charge in [0.1, 0.15) is 11.8 Å². The van der Waals surface area contributed by atoms with E-state index in [-0.39, 0.29) is 30.4 Å². The third-order valence-corrected chi connectivity index (χ3v) is 2.01. The Hall–Kier alpha value is -1.39. The fourth-order valence-corrected chi connectivity index (χ4v) is 1.23. The van der Waals surface area contributed by atoms with Crippen molar-refractivity contribution in [2.45, 2.75) is 46.1 Å². The number of rotatable bonds is 7. The van der Waals surface area contributed by atoms with E-state index in [0.29, 0.717) is 6.42 Å². The zero-order chi connectivity index (χ0) is 12.7. The van der Waals surface area contributed by atoms with E-state index < -0.39 is 12.0 Å². The van der Waals surface area contributed by atoms with Crippen molar-refractivity contribution in [3.05, 3.63) is 0 Å². The Morgan fingerprint density at radius 2 is 1.81 bits per heavy atom. The highest BCUT2D eigenvalue weighted by Crippen LogP contribution is 2.03. The first-order valence-corrected chi connectivity index (χ1v) is 5.34. The van der Waals surface area contributed by atoms with Gasteiger partial charge in [-0.3, -0.25) is 4.79 Å². The van der Waals surface area contributed by atoms with Gasteiger partial charge in [0, 0.05) is 12.8 Å². The number of carbonyl (C=O) groups is 3. The van der Waals surface area contributed by atoms with E-state index in [2.05, 4.69) is 5.32 Å². The molecule has 0 aromatic carbocycles. The molecule has 0 saturated carbocycles. The number of carbonyl (C=O) groups excluding carboxylic acids is 2. The van der Waals surface area contributed by atoms with Crippen molar-refractivity contribution in [2.24, 2.45) is 5.92 Å². The van der Waals surface area contributed by atoms with Crippen molar-refractivity contribution >= 4 is 17.7 Å². The van der Waals surface area contributed by atoms with Gasteiger partial charge in [0.15, 0.2) is 0 Å². The quantitative estimate of drug-likeness (QED) is 0.681. The summed E-state index contributed by atoms with van der Waals surface area (Å²) in [7, 11) is 0. The molecule has 16 heavy (non-hydrogen) atoms. The van der Waals surface area contributed by atoms with E-state index in [1.165, 1.54) is 6.92 Å². The second kappa shape index (κ2) is 6.98. The third kappa shape index (κ3) is 6.98. The van der Waals surface area contributed by atoms with Crippen molar-refractivity contribution in [1.82, 2.24) is 5.32 Å². The first-order valence-electron chi connectivity index (χ1n) is 5.34.